The number of thioether (sulfide) groups is 1. The standard InChI is InChI=1S/C40H55F2NO6S/c1-5-6-7-11-20-27-38(41,42)28-21-12-9-8-10-19-26-33(39(48,29-49-4)36(45)46)35(44)43-34(30(2)3)40(50-37(43)47,31-22-15-13-16-23-31)32-24-17-14-18-25-32/h13-19,22-26,30,33-34,48H,5-12,20-21,27-29H2,1-4H3,(H,45,46)/t33-,34+,39+/m1/s1. The summed E-state index contributed by atoms with van der Waals surface area (Å²) in [4.78, 5) is 42.3. The minimum atomic E-state index is -2.65. The quantitative estimate of drug-likeness (QED) is 0.0924. The van der Waals surface area contributed by atoms with Crippen LogP contribution in [0.25, 0.3) is 0 Å². The number of amides is 2. The van der Waals surface area contributed by atoms with Crippen molar-refractivity contribution in [3.05, 3.63) is 83.9 Å². The first-order chi connectivity index (χ1) is 23.9. The van der Waals surface area contributed by atoms with E-state index in [1.54, 1.807) is 6.08 Å². The molecule has 50 heavy (non-hydrogen) atoms. The number of carboxylic acid groups (broad SMARTS) is 1. The molecule has 2 amide bonds. The van der Waals surface area contributed by atoms with Crippen molar-refractivity contribution in [3.8, 4) is 0 Å². The number of carbonyl (C=O) groups excluding carboxylic acids is 2. The highest BCUT2D eigenvalue weighted by atomic mass is 32.2. The van der Waals surface area contributed by atoms with Crippen molar-refractivity contribution in [2.24, 2.45) is 11.8 Å². The van der Waals surface area contributed by atoms with E-state index in [0.717, 1.165) is 53.5 Å². The molecule has 2 N–H and O–H groups in total. The molecule has 3 rings (SSSR count). The van der Waals surface area contributed by atoms with Crippen LogP contribution in [0.2, 0.25) is 0 Å². The first-order valence-corrected chi connectivity index (χ1v) is 18.8. The number of nitrogens with zero attached hydrogens (tertiary/aromatic N) is 1. The van der Waals surface area contributed by atoms with Crippen LogP contribution in [0, 0.1) is 11.8 Å². The van der Waals surface area contributed by atoms with Crippen LogP contribution in [0.5, 0.6) is 0 Å². The summed E-state index contributed by atoms with van der Waals surface area (Å²) in [5.41, 5.74) is -1.01. The Morgan fingerprint density at radius 2 is 1.44 bits per heavy atom. The number of allylic oxidation sites excluding steroid dienone is 1. The van der Waals surface area contributed by atoms with Gasteiger partial charge >= 0.3 is 5.97 Å². The van der Waals surface area contributed by atoms with Crippen LogP contribution in [0.1, 0.15) is 109 Å². The first-order valence-electron chi connectivity index (χ1n) is 18.0. The summed E-state index contributed by atoms with van der Waals surface area (Å²) >= 11 is 1.02. The molecule has 0 saturated carbocycles. The fourth-order valence-corrected chi connectivity index (χ4v) is 8.56. The number of ether oxygens (including phenoxy) is 1. The van der Waals surface area contributed by atoms with E-state index in [1.807, 2.05) is 74.5 Å². The number of aliphatic carboxylic acids is 1. The van der Waals surface area contributed by atoms with Crippen molar-refractivity contribution in [2.75, 3.05) is 13.7 Å². The van der Waals surface area contributed by atoms with E-state index in [2.05, 4.69) is 6.92 Å². The minimum absolute atomic E-state index is 0.0731. The van der Waals surface area contributed by atoms with Gasteiger partial charge in [-0.25, -0.2) is 13.6 Å². The highest BCUT2D eigenvalue weighted by Gasteiger charge is 2.60. The van der Waals surface area contributed by atoms with Gasteiger partial charge in [0.2, 0.25) is 17.4 Å². The molecule has 0 unspecified atom stereocenters. The first kappa shape index (κ1) is 41.3. The monoisotopic (exact) mass is 715 g/mol. The molecule has 1 aliphatic heterocycles. The summed E-state index contributed by atoms with van der Waals surface area (Å²) in [7, 11) is 1.23. The van der Waals surface area contributed by atoms with E-state index in [9.17, 15) is 33.4 Å². The molecule has 276 valence electrons. The number of rotatable bonds is 22. The Hall–Kier alpha value is -3.08. The van der Waals surface area contributed by atoms with Gasteiger partial charge in [0.15, 0.2) is 0 Å². The van der Waals surface area contributed by atoms with Crippen LogP contribution in [0.4, 0.5) is 13.6 Å². The Morgan fingerprint density at radius 3 is 1.92 bits per heavy atom. The molecule has 0 radical (unpaired) electrons. The second-order valence-electron chi connectivity index (χ2n) is 13.8. The summed E-state index contributed by atoms with van der Waals surface area (Å²) in [5.74, 6) is -7.02. The molecule has 10 heteroatoms. The minimum Gasteiger partial charge on any atom is -0.479 e. The SMILES string of the molecule is CCCCCCCC(F)(F)CCCCCCC=C[C@H](C(=O)N1C(=O)SC(c2ccccc2)(c2ccccc2)[C@@H]1C(C)C)[C@@](O)(COC)C(=O)O. The Kier molecular flexibility index (Phi) is 16.1. The average molecular weight is 716 g/mol. The number of carbonyl (C=O) groups is 3. The van der Waals surface area contributed by atoms with E-state index >= 15 is 0 Å². The molecule has 0 aliphatic carbocycles. The maximum Gasteiger partial charge on any atom is 0.339 e. The Labute approximate surface area is 300 Å². The zero-order chi connectivity index (χ0) is 36.8. The van der Waals surface area contributed by atoms with E-state index in [0.29, 0.717) is 38.5 Å². The summed E-state index contributed by atoms with van der Waals surface area (Å²) in [5, 5.41) is 21.2. The van der Waals surface area contributed by atoms with E-state index in [1.165, 1.54) is 13.2 Å². The average Bonchev–Trinajstić information content (AvgIpc) is 3.42. The van der Waals surface area contributed by atoms with Crippen molar-refractivity contribution in [3.63, 3.8) is 0 Å². The largest absolute Gasteiger partial charge is 0.479 e. The molecule has 1 saturated heterocycles. The van der Waals surface area contributed by atoms with Crippen molar-refractivity contribution in [2.45, 2.75) is 120 Å². The highest BCUT2D eigenvalue weighted by Crippen LogP contribution is 2.56. The zero-order valence-corrected chi connectivity index (χ0v) is 30.8. The van der Waals surface area contributed by atoms with Crippen molar-refractivity contribution < 1.29 is 38.1 Å². The van der Waals surface area contributed by atoms with Gasteiger partial charge in [-0.2, -0.15) is 0 Å². The maximum atomic E-state index is 14.6. The second kappa shape index (κ2) is 19.5. The Morgan fingerprint density at radius 1 is 0.920 bits per heavy atom. The molecular formula is C40H55F2NO6S. The second-order valence-corrected chi connectivity index (χ2v) is 15.0. The van der Waals surface area contributed by atoms with Crippen LogP contribution in [0.15, 0.2) is 72.8 Å². The predicted octanol–water partition coefficient (Wildman–Crippen LogP) is 9.62. The molecule has 2 aromatic carbocycles. The van der Waals surface area contributed by atoms with E-state index in [-0.39, 0.29) is 18.8 Å². The maximum absolute atomic E-state index is 14.6. The third kappa shape index (κ3) is 10.3. The number of unbranched alkanes of at least 4 members (excludes halogenated alkanes) is 8. The number of halogens is 2. The number of benzene rings is 2. The van der Waals surface area contributed by atoms with Gasteiger partial charge in [0.1, 0.15) is 0 Å². The molecular weight excluding hydrogens is 661 g/mol. The lowest BCUT2D eigenvalue weighted by molar-refractivity contribution is -0.175. The number of alkyl halides is 2. The number of methoxy groups -OCH3 is 1. The summed E-state index contributed by atoms with van der Waals surface area (Å²) in [6, 6.07) is 18.2. The van der Waals surface area contributed by atoms with Gasteiger partial charge in [0.05, 0.1) is 23.3 Å². The van der Waals surface area contributed by atoms with Crippen molar-refractivity contribution >= 4 is 28.9 Å². The number of hydrogen-bond donors (Lipinski definition) is 2. The van der Waals surface area contributed by atoms with E-state index < -0.39 is 52.0 Å². The Bertz CT molecular complexity index is 1350. The van der Waals surface area contributed by atoms with Gasteiger partial charge in [0.25, 0.3) is 5.24 Å². The molecule has 1 heterocycles. The van der Waals surface area contributed by atoms with Gasteiger partial charge < -0.3 is 14.9 Å². The van der Waals surface area contributed by atoms with Crippen LogP contribution >= 0.6 is 11.8 Å². The topological polar surface area (TPSA) is 104 Å². The van der Waals surface area contributed by atoms with Crippen molar-refractivity contribution in [1.29, 1.82) is 0 Å². The summed E-state index contributed by atoms with van der Waals surface area (Å²) < 4.78 is 32.7. The molecule has 0 spiro atoms. The van der Waals surface area contributed by atoms with Gasteiger partial charge in [-0.1, -0.05) is 132 Å². The molecule has 0 bridgehead atoms. The molecule has 1 aliphatic rings. The van der Waals surface area contributed by atoms with Gasteiger partial charge in [-0.3, -0.25) is 14.5 Å². The molecule has 2 aromatic rings. The molecule has 0 aromatic heterocycles. The fraction of sp³-hybridized carbons (Fsp3) is 0.575. The van der Waals surface area contributed by atoms with Gasteiger partial charge in [0, 0.05) is 20.0 Å². The Balaban J connectivity index is 1.80. The summed E-state index contributed by atoms with van der Waals surface area (Å²) in [6.07, 6.45) is 10.1. The normalized spacial score (nSPS) is 18.1. The number of aliphatic hydroxyl groups is 1. The highest BCUT2D eigenvalue weighted by molar-refractivity contribution is 8.15. The lowest BCUT2D eigenvalue weighted by atomic mass is 9.77. The predicted molar refractivity (Wildman–Crippen MR) is 195 cm³/mol. The smallest absolute Gasteiger partial charge is 0.339 e. The van der Waals surface area contributed by atoms with Crippen LogP contribution < -0.4 is 0 Å². The molecule has 7 nitrogen and oxygen atoms in total. The van der Waals surface area contributed by atoms with Gasteiger partial charge in [-0.15, -0.1) is 0 Å². The third-order valence-corrected chi connectivity index (χ3v) is 11.0. The third-order valence-electron chi connectivity index (χ3n) is 9.57. The number of imide groups is 1. The van der Waals surface area contributed by atoms with E-state index in [4.69, 9.17) is 4.74 Å². The van der Waals surface area contributed by atoms with Crippen LogP contribution in [-0.4, -0.2) is 63.5 Å². The number of carboxylic acids is 1. The fourth-order valence-electron chi connectivity index (χ4n) is 6.98. The molecule has 3 atom stereocenters. The van der Waals surface area contributed by atoms with Crippen molar-refractivity contribution in [1.82, 2.24) is 4.90 Å². The lowest BCUT2D eigenvalue weighted by Crippen LogP contribution is -2.58. The van der Waals surface area contributed by atoms with Crippen LogP contribution in [-0.2, 0) is 19.1 Å². The van der Waals surface area contributed by atoms with Gasteiger partial charge in [-0.05, 0) is 54.5 Å². The lowest BCUT2D eigenvalue weighted by Gasteiger charge is -2.41. The summed E-state index contributed by atoms with van der Waals surface area (Å²) in [6.45, 7) is 5.24. The number of hydrogen-bond acceptors (Lipinski definition) is 6. The molecule has 1 fully saturated rings. The van der Waals surface area contributed by atoms with Crippen LogP contribution in [0.3, 0.4) is 0 Å². The zero-order valence-electron chi connectivity index (χ0n) is 30.0.